The molecule has 2 aromatic carbocycles. The third-order valence-corrected chi connectivity index (χ3v) is 5.22. The van der Waals surface area contributed by atoms with Crippen LogP contribution < -0.4 is 0 Å². The summed E-state index contributed by atoms with van der Waals surface area (Å²) in [6, 6.07) is 15.5. The van der Waals surface area contributed by atoms with Crippen LogP contribution in [0.3, 0.4) is 0 Å². The number of benzene rings is 2. The van der Waals surface area contributed by atoms with Crippen molar-refractivity contribution in [3.63, 3.8) is 0 Å². The second-order valence-electron chi connectivity index (χ2n) is 8.40. The summed E-state index contributed by atoms with van der Waals surface area (Å²) >= 11 is 0. The van der Waals surface area contributed by atoms with Crippen molar-refractivity contribution in [1.29, 1.82) is 0 Å². The minimum absolute atomic E-state index is 0.0486. The summed E-state index contributed by atoms with van der Waals surface area (Å²) in [5, 5.41) is 0. The molecule has 164 valence electrons. The standard InChI is InChI=1S/C27H27NO4/c1-27(2,3)21-13-10-19(11-14-21)12-15-23-22-9-7-6-8-20(22)16-17-28(23)24(26(30)32-5)18-25(29)31-4/h6-11,13-14,16-18,23H,1-5H3/b24-18+. The predicted octanol–water partition coefficient (Wildman–Crippen LogP) is 4.59. The Kier molecular flexibility index (Phi) is 6.85. The fourth-order valence-electron chi connectivity index (χ4n) is 3.39. The predicted molar refractivity (Wildman–Crippen MR) is 124 cm³/mol. The van der Waals surface area contributed by atoms with E-state index in [2.05, 4.69) is 44.7 Å². The minimum Gasteiger partial charge on any atom is -0.466 e. The Hall–Kier alpha value is -3.78. The first-order chi connectivity index (χ1) is 15.2. The number of nitrogens with zero attached hydrogens (tertiary/aromatic N) is 1. The zero-order valence-electron chi connectivity index (χ0n) is 19.0. The van der Waals surface area contributed by atoms with Gasteiger partial charge < -0.3 is 14.4 Å². The van der Waals surface area contributed by atoms with Crippen molar-refractivity contribution < 1.29 is 19.1 Å². The van der Waals surface area contributed by atoms with E-state index in [-0.39, 0.29) is 11.1 Å². The molecule has 5 nitrogen and oxygen atoms in total. The van der Waals surface area contributed by atoms with E-state index in [1.165, 1.54) is 19.8 Å². The maximum atomic E-state index is 12.5. The van der Waals surface area contributed by atoms with Crippen molar-refractivity contribution in [3.8, 4) is 11.8 Å². The SMILES string of the molecule is COC(=O)/C=C(\C(=O)OC)N1C=Cc2ccccc2C1C#Cc1ccc(C(C)(C)C)cc1. The lowest BCUT2D eigenvalue weighted by atomic mass is 9.87. The van der Waals surface area contributed by atoms with E-state index < -0.39 is 18.0 Å². The minimum atomic E-state index is -0.652. The van der Waals surface area contributed by atoms with Crippen LogP contribution in [0, 0.1) is 11.8 Å². The van der Waals surface area contributed by atoms with Crippen LogP contribution in [0.1, 0.15) is 49.1 Å². The Morgan fingerprint density at radius 1 is 1.00 bits per heavy atom. The van der Waals surface area contributed by atoms with Gasteiger partial charge in [-0.25, -0.2) is 9.59 Å². The largest absolute Gasteiger partial charge is 0.466 e. The molecule has 0 aromatic heterocycles. The molecule has 0 aliphatic carbocycles. The van der Waals surface area contributed by atoms with E-state index in [0.29, 0.717) is 0 Å². The zero-order chi connectivity index (χ0) is 23.3. The number of rotatable bonds is 3. The Labute approximate surface area is 189 Å². The first-order valence-electron chi connectivity index (χ1n) is 10.3. The van der Waals surface area contributed by atoms with Gasteiger partial charge in [0.15, 0.2) is 0 Å². The number of carbonyl (C=O) groups is 2. The van der Waals surface area contributed by atoms with Gasteiger partial charge in [-0.1, -0.05) is 69.0 Å². The molecule has 5 heteroatoms. The number of hydrogen-bond acceptors (Lipinski definition) is 5. The second-order valence-corrected chi connectivity index (χ2v) is 8.40. The molecule has 0 spiro atoms. The van der Waals surface area contributed by atoms with Crippen LogP contribution in [-0.4, -0.2) is 31.1 Å². The highest BCUT2D eigenvalue weighted by atomic mass is 16.5. The van der Waals surface area contributed by atoms with Gasteiger partial charge in [0, 0.05) is 11.8 Å². The van der Waals surface area contributed by atoms with Crippen molar-refractivity contribution in [1.82, 2.24) is 4.90 Å². The van der Waals surface area contributed by atoms with Gasteiger partial charge in [-0.2, -0.15) is 0 Å². The van der Waals surface area contributed by atoms with Crippen LogP contribution in [-0.2, 0) is 24.5 Å². The lowest BCUT2D eigenvalue weighted by Gasteiger charge is -2.32. The molecule has 0 N–H and O–H groups in total. The molecule has 3 rings (SSSR count). The molecule has 0 bridgehead atoms. The highest BCUT2D eigenvalue weighted by Gasteiger charge is 2.29. The van der Waals surface area contributed by atoms with Crippen LogP contribution in [0.25, 0.3) is 6.08 Å². The van der Waals surface area contributed by atoms with Gasteiger partial charge in [-0.05, 0) is 40.3 Å². The van der Waals surface area contributed by atoms with Crippen molar-refractivity contribution in [3.05, 3.63) is 88.8 Å². The van der Waals surface area contributed by atoms with Gasteiger partial charge in [0.25, 0.3) is 0 Å². The third-order valence-electron chi connectivity index (χ3n) is 5.22. The Morgan fingerprint density at radius 2 is 1.69 bits per heavy atom. The van der Waals surface area contributed by atoms with E-state index in [1.54, 1.807) is 11.1 Å². The summed E-state index contributed by atoms with van der Waals surface area (Å²) in [6.07, 6.45) is 4.73. The molecule has 0 saturated heterocycles. The Morgan fingerprint density at radius 3 is 2.31 bits per heavy atom. The molecule has 1 atom stereocenters. The van der Waals surface area contributed by atoms with Crippen LogP contribution in [0.5, 0.6) is 0 Å². The van der Waals surface area contributed by atoms with E-state index in [4.69, 9.17) is 9.47 Å². The maximum absolute atomic E-state index is 12.5. The maximum Gasteiger partial charge on any atom is 0.354 e. The number of fused-ring (bicyclic) bond motifs is 1. The molecule has 1 aliphatic heterocycles. The topological polar surface area (TPSA) is 55.8 Å². The Bertz CT molecular complexity index is 1120. The molecule has 0 radical (unpaired) electrons. The normalized spacial score (nSPS) is 15.3. The quantitative estimate of drug-likeness (QED) is 0.406. The van der Waals surface area contributed by atoms with Crippen molar-refractivity contribution >= 4 is 18.0 Å². The number of hydrogen-bond donors (Lipinski definition) is 0. The number of methoxy groups -OCH3 is 2. The second kappa shape index (κ2) is 9.57. The van der Waals surface area contributed by atoms with Crippen LogP contribution >= 0.6 is 0 Å². The van der Waals surface area contributed by atoms with Crippen molar-refractivity contribution in [2.45, 2.75) is 32.2 Å². The summed E-state index contributed by atoms with van der Waals surface area (Å²) in [6.45, 7) is 6.50. The number of esters is 2. The fourth-order valence-corrected chi connectivity index (χ4v) is 3.39. The van der Waals surface area contributed by atoms with Crippen LogP contribution in [0.4, 0.5) is 0 Å². The van der Waals surface area contributed by atoms with Gasteiger partial charge in [0.1, 0.15) is 11.7 Å². The van der Waals surface area contributed by atoms with Crippen LogP contribution in [0.15, 0.2) is 66.5 Å². The molecule has 1 heterocycles. The molecule has 1 aliphatic rings. The highest BCUT2D eigenvalue weighted by molar-refractivity contribution is 5.96. The van der Waals surface area contributed by atoms with Crippen molar-refractivity contribution in [2.24, 2.45) is 0 Å². The number of ether oxygens (including phenoxy) is 2. The fraction of sp³-hybridized carbons (Fsp3) is 0.259. The van der Waals surface area contributed by atoms with Gasteiger partial charge >= 0.3 is 11.9 Å². The van der Waals surface area contributed by atoms with Crippen molar-refractivity contribution in [2.75, 3.05) is 14.2 Å². The van der Waals surface area contributed by atoms with Gasteiger partial charge in [0.05, 0.1) is 20.3 Å². The van der Waals surface area contributed by atoms with Gasteiger partial charge in [-0.15, -0.1) is 0 Å². The Balaban J connectivity index is 2.06. The first kappa shape index (κ1) is 22.9. The summed E-state index contributed by atoms with van der Waals surface area (Å²) < 4.78 is 9.65. The van der Waals surface area contributed by atoms with E-state index in [0.717, 1.165) is 22.8 Å². The van der Waals surface area contributed by atoms with Gasteiger partial charge in [0.2, 0.25) is 0 Å². The molecule has 0 saturated carbocycles. The summed E-state index contributed by atoms with van der Waals surface area (Å²) in [4.78, 5) is 26.1. The van der Waals surface area contributed by atoms with Gasteiger partial charge in [-0.3, -0.25) is 0 Å². The molecule has 0 fully saturated rings. The van der Waals surface area contributed by atoms with E-state index >= 15 is 0 Å². The molecule has 32 heavy (non-hydrogen) atoms. The first-order valence-corrected chi connectivity index (χ1v) is 10.3. The molecular weight excluding hydrogens is 402 g/mol. The summed E-state index contributed by atoms with van der Waals surface area (Å²) in [5.74, 6) is 5.20. The zero-order valence-corrected chi connectivity index (χ0v) is 19.0. The highest BCUT2D eigenvalue weighted by Crippen LogP contribution is 2.33. The summed E-state index contributed by atoms with van der Waals surface area (Å²) in [7, 11) is 2.53. The lowest BCUT2D eigenvalue weighted by Crippen LogP contribution is -2.30. The molecule has 1 unspecified atom stereocenters. The monoisotopic (exact) mass is 429 g/mol. The summed E-state index contributed by atoms with van der Waals surface area (Å²) in [5.41, 5.74) is 4.12. The average molecular weight is 430 g/mol. The molecule has 2 aromatic rings. The number of carbonyl (C=O) groups excluding carboxylic acids is 2. The molecular formula is C27H27NO4. The lowest BCUT2D eigenvalue weighted by molar-refractivity contribution is -0.139. The smallest absolute Gasteiger partial charge is 0.354 e. The molecule has 0 amide bonds. The average Bonchev–Trinajstić information content (AvgIpc) is 2.80. The van der Waals surface area contributed by atoms with E-state index in [1.807, 2.05) is 42.5 Å². The third kappa shape index (κ3) is 5.09. The van der Waals surface area contributed by atoms with Crippen LogP contribution in [0.2, 0.25) is 0 Å². The van der Waals surface area contributed by atoms with E-state index in [9.17, 15) is 9.59 Å².